The van der Waals surface area contributed by atoms with Crippen LogP contribution in [0.5, 0.6) is 0 Å². The molecule has 6 saturated carbocycles. The number of amides is 1. The molecule has 0 aromatic carbocycles. The number of hydrogen-bond donors (Lipinski definition) is 6. The summed E-state index contributed by atoms with van der Waals surface area (Å²) in [6, 6.07) is 0.124. The van der Waals surface area contributed by atoms with E-state index in [1.165, 1.54) is 0 Å². The third kappa shape index (κ3) is 12.6. The van der Waals surface area contributed by atoms with E-state index in [9.17, 15) is 44.4 Å². The van der Waals surface area contributed by atoms with Crippen LogP contribution in [0.15, 0.2) is 0 Å². The molecule has 6 unspecified atom stereocenters. The smallest absolute Gasteiger partial charge is 0.307 e. The van der Waals surface area contributed by atoms with Crippen LogP contribution in [0.25, 0.3) is 0 Å². The molecular formula is C42H66N2O13. The SMILES string of the molecule is O=C(O)C1CCC(C(=O)O)C(CONC2CCC(OC3CCC(OC4CCC(OC5CCC(NC(=O)C6CC(C(=O)O)CCC6C(=O)O)CC5)CC4)CC3)CC2)C1. The van der Waals surface area contributed by atoms with Gasteiger partial charge in [-0.05, 0) is 147 Å². The van der Waals surface area contributed by atoms with Gasteiger partial charge in [-0.1, -0.05) is 0 Å². The van der Waals surface area contributed by atoms with Gasteiger partial charge < -0.3 is 44.8 Å². The van der Waals surface area contributed by atoms with E-state index in [0.717, 1.165) is 103 Å². The van der Waals surface area contributed by atoms with Crippen molar-refractivity contribution in [3.05, 3.63) is 0 Å². The molecule has 6 atom stereocenters. The molecule has 6 aliphatic rings. The van der Waals surface area contributed by atoms with Crippen molar-refractivity contribution in [2.24, 2.45) is 35.5 Å². The highest BCUT2D eigenvalue weighted by Crippen LogP contribution is 2.37. The number of ether oxygens (including phenoxy) is 3. The Hall–Kier alpha value is -2.85. The van der Waals surface area contributed by atoms with E-state index in [1.807, 2.05) is 0 Å². The second kappa shape index (κ2) is 20.9. The van der Waals surface area contributed by atoms with Crippen LogP contribution in [-0.4, -0.2) is 106 Å². The summed E-state index contributed by atoms with van der Waals surface area (Å²) in [5.74, 6) is -7.80. The second-order valence-electron chi connectivity index (χ2n) is 18.0. The molecule has 6 N–H and O–H groups in total. The predicted molar refractivity (Wildman–Crippen MR) is 204 cm³/mol. The number of carbonyl (C=O) groups is 5. The van der Waals surface area contributed by atoms with Crippen molar-refractivity contribution >= 4 is 29.8 Å². The van der Waals surface area contributed by atoms with Gasteiger partial charge in [0.2, 0.25) is 5.91 Å². The highest BCUT2D eigenvalue weighted by molar-refractivity contribution is 5.86. The molecule has 322 valence electrons. The largest absolute Gasteiger partial charge is 0.481 e. The summed E-state index contributed by atoms with van der Waals surface area (Å²) in [7, 11) is 0. The molecule has 15 nitrogen and oxygen atoms in total. The average molecular weight is 807 g/mol. The molecule has 6 fully saturated rings. The number of carboxylic acid groups (broad SMARTS) is 4. The molecule has 0 saturated heterocycles. The maximum Gasteiger partial charge on any atom is 0.307 e. The van der Waals surface area contributed by atoms with E-state index in [2.05, 4.69) is 10.8 Å². The van der Waals surface area contributed by atoms with Gasteiger partial charge in [0.1, 0.15) is 0 Å². The zero-order chi connectivity index (χ0) is 40.5. The summed E-state index contributed by atoms with van der Waals surface area (Å²) in [5, 5.41) is 41.1. The fraction of sp³-hybridized carbons (Fsp3) is 0.881. The zero-order valence-corrected chi connectivity index (χ0v) is 33.3. The van der Waals surface area contributed by atoms with Gasteiger partial charge in [0.25, 0.3) is 0 Å². The first kappa shape index (κ1) is 43.7. The fourth-order valence-electron chi connectivity index (χ4n) is 10.6. The highest BCUT2D eigenvalue weighted by atomic mass is 16.6. The first-order valence-corrected chi connectivity index (χ1v) is 22.0. The molecule has 0 aromatic rings. The summed E-state index contributed by atoms with van der Waals surface area (Å²) in [6.07, 6.45) is 17.8. The lowest BCUT2D eigenvalue weighted by atomic mass is 9.73. The maximum absolute atomic E-state index is 13.1. The summed E-state index contributed by atoms with van der Waals surface area (Å²) in [5.41, 5.74) is 3.13. The molecule has 0 heterocycles. The van der Waals surface area contributed by atoms with Gasteiger partial charge in [-0.3, -0.25) is 24.0 Å². The van der Waals surface area contributed by atoms with Gasteiger partial charge in [0.05, 0.1) is 72.8 Å². The van der Waals surface area contributed by atoms with Crippen molar-refractivity contribution in [1.82, 2.24) is 10.8 Å². The van der Waals surface area contributed by atoms with E-state index in [-0.39, 0.29) is 86.4 Å². The number of carboxylic acids is 4. The third-order valence-electron chi connectivity index (χ3n) is 14.1. The lowest BCUT2D eigenvalue weighted by Gasteiger charge is -2.38. The minimum absolute atomic E-state index is 0.0489. The van der Waals surface area contributed by atoms with Crippen LogP contribution in [0.4, 0.5) is 0 Å². The van der Waals surface area contributed by atoms with Crippen LogP contribution in [0, 0.1) is 35.5 Å². The Kier molecular flexibility index (Phi) is 16.0. The molecular weight excluding hydrogens is 740 g/mol. The first-order chi connectivity index (χ1) is 27.4. The van der Waals surface area contributed by atoms with Crippen molar-refractivity contribution in [3.8, 4) is 0 Å². The molecule has 0 aliphatic heterocycles. The number of hydroxylamine groups is 1. The van der Waals surface area contributed by atoms with Crippen LogP contribution in [0.1, 0.15) is 141 Å². The Balaban J connectivity index is 0.797. The monoisotopic (exact) mass is 806 g/mol. The van der Waals surface area contributed by atoms with Crippen LogP contribution < -0.4 is 10.8 Å². The van der Waals surface area contributed by atoms with Gasteiger partial charge in [0, 0.05) is 12.1 Å². The minimum atomic E-state index is -1.03. The van der Waals surface area contributed by atoms with Gasteiger partial charge in [0.15, 0.2) is 0 Å². The zero-order valence-electron chi connectivity index (χ0n) is 33.3. The Labute approximate surface area is 335 Å². The number of rotatable bonds is 16. The van der Waals surface area contributed by atoms with E-state index in [1.54, 1.807) is 0 Å². The van der Waals surface area contributed by atoms with E-state index >= 15 is 0 Å². The average Bonchev–Trinajstić information content (AvgIpc) is 3.20. The molecule has 57 heavy (non-hydrogen) atoms. The maximum atomic E-state index is 13.1. The summed E-state index contributed by atoms with van der Waals surface area (Å²) >= 11 is 0. The van der Waals surface area contributed by atoms with E-state index in [0.29, 0.717) is 19.3 Å². The number of nitrogens with one attached hydrogen (secondary N) is 2. The lowest BCUT2D eigenvalue weighted by Crippen LogP contribution is -2.47. The van der Waals surface area contributed by atoms with E-state index in [4.69, 9.17) is 19.0 Å². The molecule has 6 rings (SSSR count). The lowest BCUT2D eigenvalue weighted by molar-refractivity contribution is -0.154. The summed E-state index contributed by atoms with van der Waals surface area (Å²) in [6.45, 7) is 0.199. The predicted octanol–water partition coefficient (Wildman–Crippen LogP) is 5.32. The van der Waals surface area contributed by atoms with Crippen LogP contribution in [-0.2, 0) is 43.0 Å². The number of hydrogen-bond acceptors (Lipinski definition) is 10. The molecule has 1 amide bonds. The summed E-state index contributed by atoms with van der Waals surface area (Å²) in [4.78, 5) is 65.3. The quantitative estimate of drug-likeness (QED) is 0.109. The molecule has 0 radical (unpaired) electrons. The molecule has 6 aliphatic carbocycles. The number of aliphatic carboxylic acids is 4. The Morgan fingerprint density at radius 3 is 1.23 bits per heavy atom. The van der Waals surface area contributed by atoms with Crippen molar-refractivity contribution in [2.75, 3.05) is 6.61 Å². The minimum Gasteiger partial charge on any atom is -0.481 e. The molecule has 0 aromatic heterocycles. The second-order valence-corrected chi connectivity index (χ2v) is 18.0. The fourth-order valence-corrected chi connectivity index (χ4v) is 10.6. The topological polar surface area (TPSA) is 227 Å². The Morgan fingerprint density at radius 1 is 0.421 bits per heavy atom. The van der Waals surface area contributed by atoms with Crippen molar-refractivity contribution in [2.45, 2.75) is 190 Å². The molecule has 15 heteroatoms. The molecule has 0 spiro atoms. The van der Waals surface area contributed by atoms with Crippen molar-refractivity contribution < 1.29 is 63.4 Å². The normalized spacial score (nSPS) is 39.1. The van der Waals surface area contributed by atoms with Gasteiger partial charge in [-0.15, -0.1) is 0 Å². The van der Waals surface area contributed by atoms with Crippen LogP contribution in [0.2, 0.25) is 0 Å². The Bertz CT molecular complexity index is 1350. The van der Waals surface area contributed by atoms with E-state index < -0.39 is 53.5 Å². The van der Waals surface area contributed by atoms with Crippen molar-refractivity contribution in [1.29, 1.82) is 0 Å². The third-order valence-corrected chi connectivity index (χ3v) is 14.1. The number of carbonyl (C=O) groups excluding carboxylic acids is 1. The Morgan fingerprint density at radius 2 is 0.807 bits per heavy atom. The van der Waals surface area contributed by atoms with Crippen LogP contribution >= 0.6 is 0 Å². The van der Waals surface area contributed by atoms with Gasteiger partial charge in [-0.25, -0.2) is 0 Å². The molecule has 0 bridgehead atoms. The first-order valence-electron chi connectivity index (χ1n) is 22.0. The van der Waals surface area contributed by atoms with Crippen molar-refractivity contribution in [3.63, 3.8) is 0 Å². The van der Waals surface area contributed by atoms with Gasteiger partial charge >= 0.3 is 23.9 Å². The highest BCUT2D eigenvalue weighted by Gasteiger charge is 2.43. The van der Waals surface area contributed by atoms with Gasteiger partial charge in [-0.2, -0.15) is 5.48 Å². The standard InChI is InChI=1S/C42H66N2O13/c45-38(37-22-25(40(48)49)2-20-36(37)42(52)53)43-27-3-7-29(8-4-27)55-31-11-15-33(16-12-31)57-34-17-13-32(14-18-34)56-30-9-5-28(6-10-30)44-54-23-26-21-24(39(46)47)1-19-35(26)41(50)51/h24-37,44H,1-23H2,(H,43,45)(H,46,47)(H,48,49)(H,50,51)(H,52,53). The summed E-state index contributed by atoms with van der Waals surface area (Å²) < 4.78 is 19.6. The van der Waals surface area contributed by atoms with Crippen LogP contribution in [0.3, 0.4) is 0 Å².